The Morgan fingerprint density at radius 3 is 3.10 bits per heavy atom. The minimum atomic E-state index is 0.953. The van der Waals surface area contributed by atoms with Crippen LogP contribution in [-0.4, -0.2) is 21.1 Å². The Morgan fingerprint density at radius 1 is 1.25 bits per heavy atom. The van der Waals surface area contributed by atoms with Gasteiger partial charge in [-0.2, -0.15) is 0 Å². The number of aromatic nitrogens is 3. The Morgan fingerprint density at radius 2 is 2.20 bits per heavy atom. The highest BCUT2D eigenvalue weighted by molar-refractivity contribution is 5.80. The molecule has 2 aromatic heterocycles. The second-order valence-corrected chi connectivity index (χ2v) is 5.23. The topological polar surface area (TPSA) is 42.7 Å². The minimum absolute atomic E-state index is 0.953. The molecule has 100 valence electrons. The minimum Gasteiger partial charge on any atom is -0.327 e. The van der Waals surface area contributed by atoms with Crippen molar-refractivity contribution in [3.05, 3.63) is 47.8 Å². The van der Waals surface area contributed by atoms with E-state index in [1.165, 1.54) is 16.7 Å². The summed E-state index contributed by atoms with van der Waals surface area (Å²) in [6, 6.07) is 8.52. The number of imidazole rings is 1. The summed E-state index contributed by atoms with van der Waals surface area (Å²) < 4.78 is 2.16. The number of benzene rings is 1. The molecule has 0 amide bonds. The van der Waals surface area contributed by atoms with Crippen molar-refractivity contribution in [1.29, 1.82) is 0 Å². The van der Waals surface area contributed by atoms with Crippen LogP contribution in [0.3, 0.4) is 0 Å². The molecule has 0 bridgehead atoms. The van der Waals surface area contributed by atoms with Gasteiger partial charge in [0.15, 0.2) is 0 Å². The van der Waals surface area contributed by atoms with Crippen LogP contribution in [0.1, 0.15) is 11.1 Å². The quantitative estimate of drug-likeness (QED) is 0.733. The van der Waals surface area contributed by atoms with Gasteiger partial charge in [-0.3, -0.25) is 4.98 Å². The maximum Gasteiger partial charge on any atom is 0.141 e. The molecule has 4 heteroatoms. The van der Waals surface area contributed by atoms with E-state index in [1.807, 2.05) is 18.5 Å². The summed E-state index contributed by atoms with van der Waals surface area (Å²) >= 11 is 0. The first-order chi connectivity index (χ1) is 9.84. The fraction of sp³-hybridized carbons (Fsp3) is 0.250. The lowest BCUT2D eigenvalue weighted by molar-refractivity contribution is 0.644. The van der Waals surface area contributed by atoms with Crippen LogP contribution in [0.25, 0.3) is 22.4 Å². The van der Waals surface area contributed by atoms with Gasteiger partial charge in [-0.15, -0.1) is 0 Å². The lowest BCUT2D eigenvalue weighted by atomic mass is 9.95. The van der Waals surface area contributed by atoms with Crippen molar-refractivity contribution in [2.24, 2.45) is 7.05 Å². The van der Waals surface area contributed by atoms with E-state index in [1.54, 1.807) is 0 Å². The van der Waals surface area contributed by atoms with E-state index in [0.717, 1.165) is 36.4 Å². The monoisotopic (exact) mass is 264 g/mol. The van der Waals surface area contributed by atoms with Gasteiger partial charge in [0.2, 0.25) is 0 Å². The maximum absolute atomic E-state index is 4.77. The Hall–Kier alpha value is -2.20. The van der Waals surface area contributed by atoms with Gasteiger partial charge in [-0.05, 0) is 30.2 Å². The number of nitrogens with zero attached hydrogens (tertiary/aromatic N) is 3. The van der Waals surface area contributed by atoms with Crippen molar-refractivity contribution in [1.82, 2.24) is 19.9 Å². The average Bonchev–Trinajstić information content (AvgIpc) is 2.84. The average molecular weight is 264 g/mol. The molecule has 0 radical (unpaired) electrons. The Kier molecular flexibility index (Phi) is 2.57. The number of rotatable bonds is 1. The predicted molar refractivity (Wildman–Crippen MR) is 79.4 cm³/mol. The van der Waals surface area contributed by atoms with Crippen LogP contribution in [0.5, 0.6) is 0 Å². The second-order valence-electron chi connectivity index (χ2n) is 5.23. The fourth-order valence-electron chi connectivity index (χ4n) is 3.03. The van der Waals surface area contributed by atoms with Crippen molar-refractivity contribution in [3.63, 3.8) is 0 Å². The lowest BCUT2D eigenvalue weighted by Crippen LogP contribution is -2.24. The highest BCUT2D eigenvalue weighted by Gasteiger charge is 2.17. The fourth-order valence-corrected chi connectivity index (χ4v) is 3.03. The Bertz CT molecular complexity index is 788. The largest absolute Gasteiger partial charge is 0.327 e. The number of hydrogen-bond donors (Lipinski definition) is 1. The molecule has 20 heavy (non-hydrogen) atoms. The van der Waals surface area contributed by atoms with Crippen LogP contribution >= 0.6 is 0 Å². The molecule has 3 aromatic rings. The molecule has 4 rings (SSSR count). The number of fused-ring (bicyclic) bond motifs is 2. The van der Waals surface area contributed by atoms with Crippen molar-refractivity contribution < 1.29 is 0 Å². The Balaban J connectivity index is 1.98. The summed E-state index contributed by atoms with van der Waals surface area (Å²) in [5, 5.41) is 3.42. The zero-order valence-electron chi connectivity index (χ0n) is 11.4. The molecule has 0 spiro atoms. The van der Waals surface area contributed by atoms with Crippen LogP contribution in [0.4, 0.5) is 0 Å². The molecule has 1 N–H and O–H groups in total. The van der Waals surface area contributed by atoms with Crippen molar-refractivity contribution in [2.45, 2.75) is 13.0 Å². The SMILES string of the molecule is Cn1c(-c2cccc3c2CCNC3)nc2cnccc21. The first-order valence-corrected chi connectivity index (χ1v) is 6.93. The summed E-state index contributed by atoms with van der Waals surface area (Å²) in [7, 11) is 2.07. The summed E-state index contributed by atoms with van der Waals surface area (Å²) in [5.41, 5.74) is 6.15. The molecule has 1 aromatic carbocycles. The second kappa shape index (κ2) is 4.42. The van der Waals surface area contributed by atoms with E-state index < -0.39 is 0 Å². The van der Waals surface area contributed by atoms with Crippen LogP contribution in [-0.2, 0) is 20.0 Å². The number of nitrogens with one attached hydrogen (secondary N) is 1. The molecule has 1 aliphatic rings. The zero-order valence-corrected chi connectivity index (χ0v) is 11.4. The normalized spacial score (nSPS) is 14.4. The smallest absolute Gasteiger partial charge is 0.141 e. The number of pyridine rings is 1. The summed E-state index contributed by atoms with van der Waals surface area (Å²) in [6.07, 6.45) is 4.71. The van der Waals surface area contributed by atoms with Gasteiger partial charge in [0, 0.05) is 25.4 Å². The lowest BCUT2D eigenvalue weighted by Gasteiger charge is -2.20. The first kappa shape index (κ1) is 11.6. The molecule has 0 saturated heterocycles. The summed E-state index contributed by atoms with van der Waals surface area (Å²) in [4.78, 5) is 8.93. The third kappa shape index (κ3) is 1.65. The van der Waals surface area contributed by atoms with Crippen molar-refractivity contribution in [3.8, 4) is 11.4 Å². The van der Waals surface area contributed by atoms with Crippen LogP contribution < -0.4 is 5.32 Å². The molecule has 0 fully saturated rings. The highest BCUT2D eigenvalue weighted by atomic mass is 15.1. The van der Waals surface area contributed by atoms with Gasteiger partial charge in [0.1, 0.15) is 11.3 Å². The molecule has 0 aliphatic carbocycles. The van der Waals surface area contributed by atoms with Gasteiger partial charge in [0.05, 0.1) is 11.7 Å². The summed E-state index contributed by atoms with van der Waals surface area (Å²) in [6.45, 7) is 1.99. The molecule has 3 heterocycles. The Labute approximate surface area is 117 Å². The van der Waals surface area contributed by atoms with Gasteiger partial charge in [-0.25, -0.2) is 4.98 Å². The van der Waals surface area contributed by atoms with E-state index in [4.69, 9.17) is 4.98 Å². The van der Waals surface area contributed by atoms with E-state index >= 15 is 0 Å². The van der Waals surface area contributed by atoms with Gasteiger partial charge >= 0.3 is 0 Å². The molecule has 0 atom stereocenters. The number of aryl methyl sites for hydroxylation is 1. The van der Waals surface area contributed by atoms with Gasteiger partial charge in [0.25, 0.3) is 0 Å². The van der Waals surface area contributed by atoms with E-state index in [9.17, 15) is 0 Å². The molecule has 0 saturated carbocycles. The first-order valence-electron chi connectivity index (χ1n) is 6.93. The van der Waals surface area contributed by atoms with E-state index in [2.05, 4.69) is 40.1 Å². The van der Waals surface area contributed by atoms with Crippen molar-refractivity contribution in [2.75, 3.05) is 6.54 Å². The third-order valence-corrected chi connectivity index (χ3v) is 4.06. The highest BCUT2D eigenvalue weighted by Crippen LogP contribution is 2.29. The van der Waals surface area contributed by atoms with Crippen LogP contribution in [0.2, 0.25) is 0 Å². The molecule has 0 unspecified atom stereocenters. The van der Waals surface area contributed by atoms with Gasteiger partial charge < -0.3 is 9.88 Å². The van der Waals surface area contributed by atoms with E-state index in [-0.39, 0.29) is 0 Å². The van der Waals surface area contributed by atoms with E-state index in [0.29, 0.717) is 0 Å². The zero-order chi connectivity index (χ0) is 13.5. The van der Waals surface area contributed by atoms with Crippen molar-refractivity contribution >= 4 is 11.0 Å². The number of hydrogen-bond acceptors (Lipinski definition) is 3. The molecule has 4 nitrogen and oxygen atoms in total. The predicted octanol–water partition coefficient (Wildman–Crippen LogP) is 2.28. The molecular formula is C16H16N4. The standard InChI is InChI=1S/C16H16N4/c1-20-15-6-8-18-10-14(15)19-16(20)13-4-2-3-11-9-17-7-5-12(11)13/h2-4,6,8,10,17H,5,7,9H2,1H3. The third-order valence-electron chi connectivity index (χ3n) is 4.06. The molecule has 1 aliphatic heterocycles. The molecular weight excluding hydrogens is 248 g/mol. The maximum atomic E-state index is 4.77. The van der Waals surface area contributed by atoms with Crippen LogP contribution in [0.15, 0.2) is 36.7 Å². The van der Waals surface area contributed by atoms with Gasteiger partial charge in [-0.1, -0.05) is 18.2 Å². The summed E-state index contributed by atoms with van der Waals surface area (Å²) in [5.74, 6) is 1.03. The van der Waals surface area contributed by atoms with Crippen LogP contribution in [0, 0.1) is 0 Å².